The monoisotopic (exact) mass is 341 g/mol. The van der Waals surface area contributed by atoms with Crippen molar-refractivity contribution in [2.75, 3.05) is 44.2 Å². The molecule has 5 heteroatoms. The van der Waals surface area contributed by atoms with Crippen LogP contribution < -0.4 is 4.90 Å². The molecule has 1 aromatic carbocycles. The smallest absolute Gasteiger partial charge is 0.238 e. The van der Waals surface area contributed by atoms with Gasteiger partial charge in [0.15, 0.2) is 0 Å². The Hall–Kier alpha value is -2.04. The average Bonchev–Trinajstić information content (AvgIpc) is 3.50. The van der Waals surface area contributed by atoms with Gasteiger partial charge in [0.25, 0.3) is 0 Å². The van der Waals surface area contributed by atoms with Gasteiger partial charge in [-0.1, -0.05) is 18.2 Å². The fourth-order valence-electron chi connectivity index (χ4n) is 4.15. The van der Waals surface area contributed by atoms with E-state index in [-0.39, 0.29) is 11.8 Å². The van der Waals surface area contributed by atoms with Crippen molar-refractivity contribution in [3.05, 3.63) is 30.3 Å². The van der Waals surface area contributed by atoms with Crippen LogP contribution in [0.5, 0.6) is 0 Å². The molecular formula is C20H27N3O2. The third kappa shape index (κ3) is 3.12. The lowest BCUT2D eigenvalue weighted by atomic mass is 10.00. The first-order chi connectivity index (χ1) is 12.2. The topological polar surface area (TPSA) is 43.9 Å². The quantitative estimate of drug-likeness (QED) is 0.791. The summed E-state index contributed by atoms with van der Waals surface area (Å²) in [5, 5.41) is 0. The average molecular weight is 341 g/mol. The number of rotatable bonds is 3. The van der Waals surface area contributed by atoms with Gasteiger partial charge in [-0.05, 0) is 44.2 Å². The zero-order valence-corrected chi connectivity index (χ0v) is 14.8. The van der Waals surface area contributed by atoms with E-state index < -0.39 is 5.41 Å². The molecule has 0 radical (unpaired) electrons. The number of piperazine rings is 1. The Labute approximate surface area is 149 Å². The van der Waals surface area contributed by atoms with Gasteiger partial charge in [-0.2, -0.15) is 0 Å². The number of anilines is 1. The molecule has 2 aliphatic heterocycles. The van der Waals surface area contributed by atoms with Crippen LogP contribution in [-0.2, 0) is 9.59 Å². The Bertz CT molecular complexity index is 628. The standard InChI is InChI=1S/C20H27N3O2/c24-18(22-11-5-2-6-12-22)20(9-10-20)19(25)23-15-13-21(14-16-23)17-7-3-1-4-8-17/h1,3-4,7-8H,2,5-6,9-16H2. The molecule has 2 amide bonds. The minimum atomic E-state index is -0.716. The Morgan fingerprint density at radius 1 is 0.720 bits per heavy atom. The van der Waals surface area contributed by atoms with Crippen LogP contribution in [0.15, 0.2) is 30.3 Å². The summed E-state index contributed by atoms with van der Waals surface area (Å²) in [6.45, 7) is 4.75. The summed E-state index contributed by atoms with van der Waals surface area (Å²) in [5.41, 5.74) is 0.492. The molecule has 134 valence electrons. The fourth-order valence-corrected chi connectivity index (χ4v) is 4.15. The summed E-state index contributed by atoms with van der Waals surface area (Å²) in [5.74, 6) is 0.179. The van der Waals surface area contributed by atoms with E-state index in [2.05, 4.69) is 17.0 Å². The first kappa shape index (κ1) is 16.4. The number of benzene rings is 1. The maximum atomic E-state index is 13.1. The Kier molecular flexibility index (Phi) is 4.40. The summed E-state index contributed by atoms with van der Waals surface area (Å²) in [6.07, 6.45) is 4.82. The molecule has 4 rings (SSSR count). The Morgan fingerprint density at radius 2 is 1.28 bits per heavy atom. The molecule has 25 heavy (non-hydrogen) atoms. The molecule has 0 aromatic heterocycles. The van der Waals surface area contributed by atoms with E-state index in [0.717, 1.165) is 51.9 Å². The van der Waals surface area contributed by atoms with Crippen LogP contribution in [-0.4, -0.2) is 60.9 Å². The highest BCUT2D eigenvalue weighted by Gasteiger charge is 2.59. The number of carbonyl (C=O) groups excluding carboxylic acids is 2. The second-order valence-electron chi connectivity index (χ2n) is 7.55. The lowest BCUT2D eigenvalue weighted by Crippen LogP contribution is -2.54. The van der Waals surface area contributed by atoms with Crippen molar-refractivity contribution in [1.82, 2.24) is 9.80 Å². The van der Waals surface area contributed by atoms with Gasteiger partial charge < -0.3 is 14.7 Å². The lowest BCUT2D eigenvalue weighted by Gasteiger charge is -2.38. The highest BCUT2D eigenvalue weighted by Crippen LogP contribution is 2.49. The van der Waals surface area contributed by atoms with Crippen molar-refractivity contribution >= 4 is 17.5 Å². The van der Waals surface area contributed by atoms with E-state index in [1.807, 2.05) is 28.0 Å². The SMILES string of the molecule is O=C(N1CCCCC1)C1(C(=O)N2CCN(c3ccccc3)CC2)CC1. The zero-order valence-electron chi connectivity index (χ0n) is 14.8. The van der Waals surface area contributed by atoms with Crippen LogP contribution in [0.1, 0.15) is 32.1 Å². The molecule has 3 fully saturated rings. The third-order valence-electron chi connectivity index (χ3n) is 5.90. The van der Waals surface area contributed by atoms with E-state index in [0.29, 0.717) is 13.1 Å². The Balaban J connectivity index is 1.38. The largest absolute Gasteiger partial charge is 0.368 e. The minimum Gasteiger partial charge on any atom is -0.368 e. The molecule has 1 aromatic rings. The molecular weight excluding hydrogens is 314 g/mol. The molecule has 1 aliphatic carbocycles. The van der Waals surface area contributed by atoms with Gasteiger partial charge in [0, 0.05) is 45.0 Å². The van der Waals surface area contributed by atoms with Crippen LogP contribution in [0.25, 0.3) is 0 Å². The summed E-state index contributed by atoms with van der Waals surface area (Å²) >= 11 is 0. The molecule has 0 atom stereocenters. The number of nitrogens with zero attached hydrogens (tertiary/aromatic N) is 3. The highest BCUT2D eigenvalue weighted by molar-refractivity contribution is 6.08. The number of likely N-dealkylation sites (tertiary alicyclic amines) is 1. The molecule has 0 unspecified atom stereocenters. The molecule has 0 N–H and O–H groups in total. The normalized spacial score (nSPS) is 22.6. The highest BCUT2D eigenvalue weighted by atomic mass is 16.2. The molecule has 0 bridgehead atoms. The first-order valence-corrected chi connectivity index (χ1v) is 9.59. The lowest BCUT2D eigenvalue weighted by molar-refractivity contribution is -0.150. The second-order valence-corrected chi connectivity index (χ2v) is 7.55. The van der Waals surface area contributed by atoms with E-state index in [1.54, 1.807) is 0 Å². The van der Waals surface area contributed by atoms with Gasteiger partial charge in [0.1, 0.15) is 5.41 Å². The third-order valence-corrected chi connectivity index (χ3v) is 5.90. The van der Waals surface area contributed by atoms with Crippen LogP contribution >= 0.6 is 0 Å². The van der Waals surface area contributed by atoms with Crippen LogP contribution in [0, 0.1) is 5.41 Å². The second kappa shape index (κ2) is 6.70. The number of hydrogen-bond donors (Lipinski definition) is 0. The number of amides is 2. The van der Waals surface area contributed by atoms with E-state index in [9.17, 15) is 9.59 Å². The number of piperidine rings is 1. The number of hydrogen-bond acceptors (Lipinski definition) is 3. The van der Waals surface area contributed by atoms with Crippen molar-refractivity contribution in [3.63, 3.8) is 0 Å². The van der Waals surface area contributed by atoms with Crippen molar-refractivity contribution in [2.45, 2.75) is 32.1 Å². The molecule has 0 spiro atoms. The fraction of sp³-hybridized carbons (Fsp3) is 0.600. The van der Waals surface area contributed by atoms with Gasteiger partial charge in [0.2, 0.25) is 11.8 Å². The van der Waals surface area contributed by atoms with E-state index in [4.69, 9.17) is 0 Å². The number of para-hydroxylation sites is 1. The molecule has 2 saturated heterocycles. The maximum Gasteiger partial charge on any atom is 0.238 e. The van der Waals surface area contributed by atoms with Crippen molar-refractivity contribution in [3.8, 4) is 0 Å². The molecule has 1 saturated carbocycles. The summed E-state index contributed by atoms with van der Waals surface area (Å²) in [6, 6.07) is 10.3. The first-order valence-electron chi connectivity index (χ1n) is 9.59. The maximum absolute atomic E-state index is 13.1. The molecule has 2 heterocycles. The van der Waals surface area contributed by atoms with Gasteiger partial charge in [-0.3, -0.25) is 9.59 Å². The van der Waals surface area contributed by atoms with Crippen molar-refractivity contribution in [1.29, 1.82) is 0 Å². The van der Waals surface area contributed by atoms with Gasteiger partial charge >= 0.3 is 0 Å². The van der Waals surface area contributed by atoms with Gasteiger partial charge in [-0.15, -0.1) is 0 Å². The van der Waals surface area contributed by atoms with Crippen LogP contribution in [0.3, 0.4) is 0 Å². The predicted molar refractivity (Wildman–Crippen MR) is 97.3 cm³/mol. The van der Waals surface area contributed by atoms with E-state index >= 15 is 0 Å². The van der Waals surface area contributed by atoms with Gasteiger partial charge in [0.05, 0.1) is 0 Å². The van der Waals surface area contributed by atoms with Gasteiger partial charge in [-0.25, -0.2) is 0 Å². The minimum absolute atomic E-state index is 0.0794. The predicted octanol–water partition coefficient (Wildman–Crippen LogP) is 2.13. The zero-order chi connectivity index (χ0) is 17.3. The Morgan fingerprint density at radius 3 is 1.84 bits per heavy atom. The molecule has 3 aliphatic rings. The van der Waals surface area contributed by atoms with Crippen LogP contribution in [0.2, 0.25) is 0 Å². The van der Waals surface area contributed by atoms with Crippen LogP contribution in [0.4, 0.5) is 5.69 Å². The number of carbonyl (C=O) groups is 2. The van der Waals surface area contributed by atoms with Crippen molar-refractivity contribution in [2.24, 2.45) is 5.41 Å². The van der Waals surface area contributed by atoms with E-state index in [1.165, 1.54) is 12.1 Å². The summed E-state index contributed by atoms with van der Waals surface area (Å²) in [7, 11) is 0. The summed E-state index contributed by atoms with van der Waals surface area (Å²) < 4.78 is 0. The van der Waals surface area contributed by atoms with Crippen molar-refractivity contribution < 1.29 is 9.59 Å². The summed E-state index contributed by atoms with van der Waals surface area (Å²) in [4.78, 5) is 32.2. The molecule has 5 nitrogen and oxygen atoms in total.